The summed E-state index contributed by atoms with van der Waals surface area (Å²) < 4.78 is 17.0. The van der Waals surface area contributed by atoms with Crippen LogP contribution < -0.4 is 15.2 Å². The summed E-state index contributed by atoms with van der Waals surface area (Å²) in [6, 6.07) is 11.5. The minimum atomic E-state index is -2.59. The van der Waals surface area contributed by atoms with Gasteiger partial charge >= 0.3 is 6.09 Å². The molecule has 1 aromatic heterocycles. The van der Waals surface area contributed by atoms with Crippen molar-refractivity contribution in [2.75, 3.05) is 19.7 Å². The van der Waals surface area contributed by atoms with E-state index in [9.17, 15) is 14.4 Å². The molecule has 0 aliphatic carbocycles. The van der Waals surface area contributed by atoms with Gasteiger partial charge in [-0.05, 0) is 82.6 Å². The number of nitrogens with one attached hydrogen (secondary N) is 1. The first-order valence-corrected chi connectivity index (χ1v) is 16.1. The molecule has 0 atom stereocenters. The fraction of sp³-hybridized carbons (Fsp3) is 0.448. The molecule has 1 saturated heterocycles. The molecule has 38 heavy (non-hydrogen) atoms. The number of carbonyl (C=O) groups is 2. The molecule has 2 aliphatic heterocycles. The number of alkyl carbamates (subject to hydrolysis) is 1. The van der Waals surface area contributed by atoms with E-state index in [1.807, 2.05) is 63.0 Å². The van der Waals surface area contributed by atoms with Crippen LogP contribution in [0.3, 0.4) is 0 Å². The number of fused-ring (bicyclic) bond motifs is 3. The Hall–Kier alpha value is -3.30. The van der Waals surface area contributed by atoms with E-state index in [0.717, 1.165) is 40.3 Å². The molecular formula is C29H36N2O6Si. The lowest BCUT2D eigenvalue weighted by atomic mass is 9.74. The first kappa shape index (κ1) is 26.3. The minimum absolute atomic E-state index is 0.0132. The molecule has 0 unspecified atom stereocenters. The predicted molar refractivity (Wildman–Crippen MR) is 147 cm³/mol. The van der Waals surface area contributed by atoms with Gasteiger partial charge in [0.05, 0.1) is 12.9 Å². The molecule has 202 valence electrons. The largest absolute Gasteiger partial charge is 0.492 e. The molecule has 0 bridgehead atoms. The number of nitrogens with zero attached hydrogens (tertiary/aromatic N) is 1. The predicted octanol–water partition coefficient (Wildman–Crippen LogP) is 4.43. The normalized spacial score (nSPS) is 16.8. The molecule has 8 nitrogen and oxygen atoms in total. The molecule has 1 fully saturated rings. The SMILES string of the molecule is CC(C)(C)OC(=O)NCc1ccc2c(c1)C1(CCN(C(=O)c3ccc4occ([Si](C)(C)O)c4c3)CC1)CO2. The molecule has 5 rings (SSSR count). The summed E-state index contributed by atoms with van der Waals surface area (Å²) in [6.45, 7) is 11.4. The van der Waals surface area contributed by atoms with Gasteiger partial charge in [-0.1, -0.05) is 6.07 Å². The Balaban J connectivity index is 1.27. The Kier molecular flexibility index (Phi) is 6.55. The Morgan fingerprint density at radius 1 is 1.13 bits per heavy atom. The third kappa shape index (κ3) is 5.17. The lowest BCUT2D eigenvalue weighted by Gasteiger charge is -2.38. The molecule has 0 radical (unpaired) electrons. The number of benzene rings is 2. The van der Waals surface area contributed by atoms with Crippen molar-refractivity contribution in [3.8, 4) is 5.75 Å². The van der Waals surface area contributed by atoms with E-state index in [0.29, 0.717) is 37.4 Å². The highest BCUT2D eigenvalue weighted by Gasteiger charge is 2.44. The number of likely N-dealkylation sites (tertiary alicyclic amines) is 1. The molecule has 9 heteroatoms. The zero-order valence-electron chi connectivity index (χ0n) is 22.7. The van der Waals surface area contributed by atoms with Crippen LogP contribution in [0.2, 0.25) is 13.1 Å². The maximum atomic E-state index is 13.4. The fourth-order valence-electron chi connectivity index (χ4n) is 5.38. The van der Waals surface area contributed by atoms with Crippen molar-refractivity contribution in [3.05, 3.63) is 59.4 Å². The lowest BCUT2D eigenvalue weighted by Crippen LogP contribution is -2.46. The van der Waals surface area contributed by atoms with Gasteiger partial charge in [0.15, 0.2) is 0 Å². The van der Waals surface area contributed by atoms with Crippen LogP contribution in [-0.2, 0) is 16.7 Å². The van der Waals surface area contributed by atoms with E-state index in [4.69, 9.17) is 13.9 Å². The van der Waals surface area contributed by atoms with Crippen molar-refractivity contribution in [2.45, 2.75) is 64.3 Å². The second kappa shape index (κ2) is 9.46. The van der Waals surface area contributed by atoms with Crippen LogP contribution >= 0.6 is 0 Å². The van der Waals surface area contributed by atoms with Gasteiger partial charge in [-0.2, -0.15) is 0 Å². The average Bonchev–Trinajstić information content (AvgIpc) is 3.43. The summed E-state index contributed by atoms with van der Waals surface area (Å²) in [5.74, 6) is 0.861. The van der Waals surface area contributed by atoms with Crippen LogP contribution in [0.1, 0.15) is 55.1 Å². The number of amides is 2. The molecule has 2 aliphatic rings. The summed E-state index contributed by atoms with van der Waals surface area (Å²) >= 11 is 0. The highest BCUT2D eigenvalue weighted by Crippen LogP contribution is 2.46. The molecular weight excluding hydrogens is 500 g/mol. The van der Waals surface area contributed by atoms with Crippen LogP contribution in [0.25, 0.3) is 11.0 Å². The molecule has 2 aromatic carbocycles. The van der Waals surface area contributed by atoms with E-state index in [-0.39, 0.29) is 11.3 Å². The number of ether oxygens (including phenoxy) is 2. The lowest BCUT2D eigenvalue weighted by molar-refractivity contribution is 0.0523. The second-order valence-corrected chi connectivity index (χ2v) is 15.6. The quantitative estimate of drug-likeness (QED) is 0.479. The molecule has 1 spiro atoms. The Morgan fingerprint density at radius 3 is 2.55 bits per heavy atom. The van der Waals surface area contributed by atoms with Gasteiger partial charge in [0, 0.05) is 46.7 Å². The van der Waals surface area contributed by atoms with E-state index < -0.39 is 20.0 Å². The summed E-state index contributed by atoms with van der Waals surface area (Å²) in [4.78, 5) is 38.1. The molecule has 3 heterocycles. The van der Waals surface area contributed by atoms with Crippen LogP contribution in [0.15, 0.2) is 47.1 Å². The van der Waals surface area contributed by atoms with Gasteiger partial charge in [-0.25, -0.2) is 4.79 Å². The van der Waals surface area contributed by atoms with E-state index in [1.165, 1.54) is 0 Å². The number of hydrogen-bond donors (Lipinski definition) is 2. The second-order valence-electron chi connectivity index (χ2n) is 12.0. The third-order valence-electron chi connectivity index (χ3n) is 7.44. The maximum Gasteiger partial charge on any atom is 0.407 e. The number of rotatable bonds is 4. The maximum absolute atomic E-state index is 13.4. The van der Waals surface area contributed by atoms with Crippen molar-refractivity contribution in [1.82, 2.24) is 10.2 Å². The van der Waals surface area contributed by atoms with Crippen LogP contribution in [0, 0.1) is 0 Å². The average molecular weight is 537 g/mol. The van der Waals surface area contributed by atoms with E-state index >= 15 is 0 Å². The van der Waals surface area contributed by atoms with Gasteiger partial charge < -0.3 is 28.9 Å². The number of piperidine rings is 1. The number of hydrogen-bond acceptors (Lipinski definition) is 6. The van der Waals surface area contributed by atoms with Crippen molar-refractivity contribution in [2.24, 2.45) is 0 Å². The highest BCUT2D eigenvalue weighted by molar-refractivity contribution is 6.85. The van der Waals surface area contributed by atoms with Gasteiger partial charge in [0.25, 0.3) is 5.91 Å². The van der Waals surface area contributed by atoms with Gasteiger partial charge in [-0.15, -0.1) is 0 Å². The van der Waals surface area contributed by atoms with Crippen molar-refractivity contribution in [1.29, 1.82) is 0 Å². The monoisotopic (exact) mass is 536 g/mol. The summed E-state index contributed by atoms with van der Waals surface area (Å²) in [7, 11) is -2.59. The highest BCUT2D eigenvalue weighted by atomic mass is 28.4. The number of furan rings is 1. The van der Waals surface area contributed by atoms with Crippen molar-refractivity contribution in [3.63, 3.8) is 0 Å². The van der Waals surface area contributed by atoms with Gasteiger partial charge in [-0.3, -0.25) is 4.79 Å². The summed E-state index contributed by atoms with van der Waals surface area (Å²) in [5, 5.41) is 4.44. The van der Waals surface area contributed by atoms with Gasteiger partial charge in [0.2, 0.25) is 8.32 Å². The van der Waals surface area contributed by atoms with Crippen molar-refractivity contribution >= 4 is 36.5 Å². The van der Waals surface area contributed by atoms with Crippen LogP contribution in [0.4, 0.5) is 4.79 Å². The van der Waals surface area contributed by atoms with E-state index in [2.05, 4.69) is 11.4 Å². The van der Waals surface area contributed by atoms with Crippen LogP contribution in [-0.4, -0.2) is 55.3 Å². The zero-order chi connectivity index (χ0) is 27.3. The number of carbonyl (C=O) groups excluding carboxylic acids is 2. The molecule has 0 saturated carbocycles. The van der Waals surface area contributed by atoms with Gasteiger partial charge in [0.1, 0.15) is 16.9 Å². The van der Waals surface area contributed by atoms with Crippen molar-refractivity contribution < 1.29 is 28.3 Å². The molecule has 2 N–H and O–H groups in total. The smallest absolute Gasteiger partial charge is 0.407 e. The first-order chi connectivity index (χ1) is 17.8. The Bertz CT molecular complexity index is 1380. The third-order valence-corrected chi connectivity index (χ3v) is 9.15. The topological polar surface area (TPSA) is 101 Å². The molecule has 2 amide bonds. The molecule has 3 aromatic rings. The Labute approximate surface area is 224 Å². The fourth-order valence-corrected chi connectivity index (χ4v) is 6.58. The van der Waals surface area contributed by atoms with E-state index in [1.54, 1.807) is 12.3 Å². The Morgan fingerprint density at radius 2 is 1.87 bits per heavy atom. The minimum Gasteiger partial charge on any atom is -0.492 e. The first-order valence-electron chi connectivity index (χ1n) is 13.1. The zero-order valence-corrected chi connectivity index (χ0v) is 23.7. The summed E-state index contributed by atoms with van der Waals surface area (Å²) in [5.41, 5.74) is 2.72. The summed E-state index contributed by atoms with van der Waals surface area (Å²) in [6.07, 6.45) is 2.76. The standard InChI is InChI=1S/C29H36N2O6Si/c1-28(2,3)37-27(33)30-16-19-6-8-24-22(14-19)29(18-36-24)10-12-31(13-11-29)26(32)20-7-9-23-21(15-20)25(17-35-23)38(4,5)34/h6-9,14-15,17,34H,10-13,16,18H2,1-5H3,(H,30,33). The van der Waals surface area contributed by atoms with Crippen LogP contribution in [0.5, 0.6) is 5.75 Å².